The summed E-state index contributed by atoms with van der Waals surface area (Å²) in [5.74, 6) is 1.54. The molecule has 0 saturated heterocycles. The Labute approximate surface area is 90.7 Å². The fraction of sp³-hybridized carbons (Fsp3) is 0.333. The molecular formula is C12H17NO2. The maximum absolute atomic E-state index is 5.58. The van der Waals surface area contributed by atoms with E-state index < -0.39 is 0 Å². The first-order chi connectivity index (χ1) is 7.33. The van der Waals surface area contributed by atoms with E-state index in [-0.39, 0.29) is 0 Å². The first-order valence-electron chi connectivity index (χ1n) is 4.87. The standard InChI is InChI=1S/C12H17NO2/c1-4-8-15-12-10(9-13-2)6-5-7-11(12)14-3/h4-7,13H,1,8-9H2,2-3H3. The molecule has 1 aromatic carbocycles. The van der Waals surface area contributed by atoms with Gasteiger partial charge in [-0.05, 0) is 13.1 Å². The van der Waals surface area contributed by atoms with Gasteiger partial charge in [-0.2, -0.15) is 0 Å². The first-order valence-corrected chi connectivity index (χ1v) is 4.87. The Morgan fingerprint density at radius 3 is 2.87 bits per heavy atom. The molecule has 0 saturated carbocycles. The zero-order chi connectivity index (χ0) is 11.1. The smallest absolute Gasteiger partial charge is 0.166 e. The van der Waals surface area contributed by atoms with Gasteiger partial charge in [-0.1, -0.05) is 24.8 Å². The van der Waals surface area contributed by atoms with E-state index in [1.807, 2.05) is 25.2 Å². The van der Waals surface area contributed by atoms with Gasteiger partial charge in [-0.25, -0.2) is 0 Å². The predicted molar refractivity (Wildman–Crippen MR) is 61.4 cm³/mol. The summed E-state index contributed by atoms with van der Waals surface area (Å²) in [6.45, 7) is 4.86. The zero-order valence-corrected chi connectivity index (χ0v) is 9.25. The molecule has 0 atom stereocenters. The third-order valence-electron chi connectivity index (χ3n) is 1.99. The van der Waals surface area contributed by atoms with Crippen LogP contribution in [0.1, 0.15) is 5.56 Å². The number of methoxy groups -OCH3 is 1. The molecule has 0 aliphatic heterocycles. The van der Waals surface area contributed by atoms with Crippen LogP contribution in [0.15, 0.2) is 30.9 Å². The lowest BCUT2D eigenvalue weighted by atomic mass is 10.2. The maximum atomic E-state index is 5.58. The lowest BCUT2D eigenvalue weighted by Crippen LogP contribution is -2.08. The van der Waals surface area contributed by atoms with Crippen molar-refractivity contribution in [2.24, 2.45) is 0 Å². The monoisotopic (exact) mass is 207 g/mol. The minimum absolute atomic E-state index is 0.483. The van der Waals surface area contributed by atoms with E-state index in [2.05, 4.69) is 11.9 Å². The highest BCUT2D eigenvalue weighted by molar-refractivity contribution is 5.46. The SMILES string of the molecule is C=CCOc1c(CNC)cccc1OC. The Bertz CT molecular complexity index is 323. The molecule has 0 unspecified atom stereocenters. The molecule has 82 valence electrons. The molecule has 1 aromatic rings. The van der Waals surface area contributed by atoms with Crippen molar-refractivity contribution in [2.45, 2.75) is 6.54 Å². The van der Waals surface area contributed by atoms with Gasteiger partial charge in [0.1, 0.15) is 6.61 Å². The van der Waals surface area contributed by atoms with Gasteiger partial charge in [0, 0.05) is 12.1 Å². The molecule has 0 amide bonds. The number of hydrogen-bond donors (Lipinski definition) is 1. The number of rotatable bonds is 6. The van der Waals surface area contributed by atoms with Gasteiger partial charge in [-0.3, -0.25) is 0 Å². The second kappa shape index (κ2) is 6.09. The van der Waals surface area contributed by atoms with Crippen LogP contribution in [0.4, 0.5) is 0 Å². The van der Waals surface area contributed by atoms with Crippen LogP contribution in [0.25, 0.3) is 0 Å². The van der Waals surface area contributed by atoms with E-state index in [9.17, 15) is 0 Å². The van der Waals surface area contributed by atoms with E-state index in [0.717, 1.165) is 23.6 Å². The van der Waals surface area contributed by atoms with Gasteiger partial charge < -0.3 is 14.8 Å². The van der Waals surface area contributed by atoms with E-state index >= 15 is 0 Å². The summed E-state index contributed by atoms with van der Waals surface area (Å²) in [7, 11) is 3.54. The Morgan fingerprint density at radius 2 is 2.27 bits per heavy atom. The summed E-state index contributed by atoms with van der Waals surface area (Å²) in [6.07, 6.45) is 1.72. The Kier molecular flexibility index (Phi) is 4.71. The minimum Gasteiger partial charge on any atom is -0.493 e. The Morgan fingerprint density at radius 1 is 1.47 bits per heavy atom. The molecule has 0 aliphatic rings. The van der Waals surface area contributed by atoms with Crippen molar-refractivity contribution in [2.75, 3.05) is 20.8 Å². The Hall–Kier alpha value is -1.48. The summed E-state index contributed by atoms with van der Waals surface area (Å²) in [5, 5.41) is 3.09. The van der Waals surface area contributed by atoms with Crippen molar-refractivity contribution < 1.29 is 9.47 Å². The van der Waals surface area contributed by atoms with Crippen LogP contribution in [0.3, 0.4) is 0 Å². The van der Waals surface area contributed by atoms with Crippen molar-refractivity contribution in [3.63, 3.8) is 0 Å². The third kappa shape index (κ3) is 2.99. The highest BCUT2D eigenvalue weighted by atomic mass is 16.5. The molecule has 1 rings (SSSR count). The second-order valence-corrected chi connectivity index (χ2v) is 3.08. The van der Waals surface area contributed by atoms with Crippen LogP contribution in [0.5, 0.6) is 11.5 Å². The zero-order valence-electron chi connectivity index (χ0n) is 9.25. The molecular weight excluding hydrogens is 190 g/mol. The molecule has 0 fully saturated rings. The van der Waals surface area contributed by atoms with Crippen LogP contribution in [-0.2, 0) is 6.54 Å². The largest absolute Gasteiger partial charge is 0.493 e. The molecule has 0 aliphatic carbocycles. The average Bonchev–Trinajstić information content (AvgIpc) is 2.27. The molecule has 3 nitrogen and oxygen atoms in total. The third-order valence-corrected chi connectivity index (χ3v) is 1.99. The number of nitrogens with one attached hydrogen (secondary N) is 1. The summed E-state index contributed by atoms with van der Waals surface area (Å²) in [4.78, 5) is 0. The molecule has 15 heavy (non-hydrogen) atoms. The highest BCUT2D eigenvalue weighted by Crippen LogP contribution is 2.30. The molecule has 0 bridgehead atoms. The average molecular weight is 207 g/mol. The van der Waals surface area contributed by atoms with Gasteiger partial charge in [0.2, 0.25) is 0 Å². The first kappa shape index (κ1) is 11.6. The van der Waals surface area contributed by atoms with E-state index in [0.29, 0.717) is 6.61 Å². The molecule has 1 N–H and O–H groups in total. The van der Waals surface area contributed by atoms with Gasteiger partial charge in [0.05, 0.1) is 7.11 Å². The number of hydrogen-bond acceptors (Lipinski definition) is 3. The lowest BCUT2D eigenvalue weighted by Gasteiger charge is -2.13. The summed E-state index contributed by atoms with van der Waals surface area (Å²) >= 11 is 0. The topological polar surface area (TPSA) is 30.5 Å². The van der Waals surface area contributed by atoms with Crippen molar-refractivity contribution in [1.82, 2.24) is 5.32 Å². The summed E-state index contributed by atoms with van der Waals surface area (Å²) in [5.41, 5.74) is 1.08. The van der Waals surface area contributed by atoms with Crippen molar-refractivity contribution in [3.8, 4) is 11.5 Å². The van der Waals surface area contributed by atoms with E-state index in [1.54, 1.807) is 13.2 Å². The molecule has 0 heterocycles. The second-order valence-electron chi connectivity index (χ2n) is 3.08. The molecule has 0 spiro atoms. The van der Waals surface area contributed by atoms with Crippen LogP contribution < -0.4 is 14.8 Å². The summed E-state index contributed by atoms with van der Waals surface area (Å²) < 4.78 is 10.8. The Balaban J connectivity index is 2.96. The number of benzene rings is 1. The number of ether oxygens (including phenoxy) is 2. The van der Waals surface area contributed by atoms with E-state index in [1.165, 1.54) is 0 Å². The quantitative estimate of drug-likeness (QED) is 0.723. The molecule has 0 aromatic heterocycles. The lowest BCUT2D eigenvalue weighted by molar-refractivity contribution is 0.322. The molecule has 0 radical (unpaired) electrons. The summed E-state index contributed by atoms with van der Waals surface area (Å²) in [6, 6.07) is 5.85. The predicted octanol–water partition coefficient (Wildman–Crippen LogP) is 1.98. The van der Waals surface area contributed by atoms with Gasteiger partial charge >= 0.3 is 0 Å². The van der Waals surface area contributed by atoms with Crippen LogP contribution in [0, 0.1) is 0 Å². The number of para-hydroxylation sites is 1. The van der Waals surface area contributed by atoms with Crippen molar-refractivity contribution in [1.29, 1.82) is 0 Å². The maximum Gasteiger partial charge on any atom is 0.166 e. The van der Waals surface area contributed by atoms with Crippen LogP contribution in [0.2, 0.25) is 0 Å². The van der Waals surface area contributed by atoms with Crippen LogP contribution >= 0.6 is 0 Å². The normalized spacial score (nSPS) is 9.73. The van der Waals surface area contributed by atoms with Gasteiger partial charge in [0.15, 0.2) is 11.5 Å². The fourth-order valence-electron chi connectivity index (χ4n) is 1.36. The molecule has 3 heteroatoms. The highest BCUT2D eigenvalue weighted by Gasteiger charge is 2.08. The van der Waals surface area contributed by atoms with Crippen molar-refractivity contribution >= 4 is 0 Å². The van der Waals surface area contributed by atoms with Gasteiger partial charge in [0.25, 0.3) is 0 Å². The van der Waals surface area contributed by atoms with Crippen LogP contribution in [-0.4, -0.2) is 20.8 Å². The minimum atomic E-state index is 0.483. The van der Waals surface area contributed by atoms with Gasteiger partial charge in [-0.15, -0.1) is 0 Å². The van der Waals surface area contributed by atoms with Crippen molar-refractivity contribution in [3.05, 3.63) is 36.4 Å². The fourth-order valence-corrected chi connectivity index (χ4v) is 1.36. The van der Waals surface area contributed by atoms with E-state index in [4.69, 9.17) is 9.47 Å².